The molecule has 0 N–H and O–H groups in total. The molecule has 25 heavy (non-hydrogen) atoms. The summed E-state index contributed by atoms with van der Waals surface area (Å²) in [6.07, 6.45) is 1.53. The molecule has 6 heteroatoms. The third-order valence-electron chi connectivity index (χ3n) is 4.21. The number of oxazole rings is 1. The van der Waals surface area contributed by atoms with Crippen molar-refractivity contribution in [1.82, 2.24) is 19.7 Å². The van der Waals surface area contributed by atoms with Gasteiger partial charge in [-0.25, -0.2) is 14.6 Å². The lowest BCUT2D eigenvalue weighted by Crippen LogP contribution is -2.04. The van der Waals surface area contributed by atoms with Gasteiger partial charge in [0, 0.05) is 12.5 Å². The van der Waals surface area contributed by atoms with E-state index in [1.807, 2.05) is 42.8 Å². The smallest absolute Gasteiger partial charge is 0.192 e. The van der Waals surface area contributed by atoms with Gasteiger partial charge in [0.05, 0.1) is 11.3 Å². The predicted molar refractivity (Wildman–Crippen MR) is 93.3 cm³/mol. The molecular formula is C19H15N5O. The van der Waals surface area contributed by atoms with Crippen LogP contribution in [0.15, 0.2) is 41.1 Å². The summed E-state index contributed by atoms with van der Waals surface area (Å²) in [5.41, 5.74) is 5.54. The van der Waals surface area contributed by atoms with Gasteiger partial charge in [0.1, 0.15) is 17.9 Å². The molecule has 0 atom stereocenters. The van der Waals surface area contributed by atoms with E-state index < -0.39 is 0 Å². The zero-order chi connectivity index (χ0) is 17.6. The van der Waals surface area contributed by atoms with Crippen LogP contribution in [0.4, 0.5) is 0 Å². The van der Waals surface area contributed by atoms with Crippen molar-refractivity contribution in [3.63, 3.8) is 0 Å². The van der Waals surface area contributed by atoms with Gasteiger partial charge in [-0.15, -0.1) is 0 Å². The highest BCUT2D eigenvalue weighted by atomic mass is 16.3. The lowest BCUT2D eigenvalue weighted by molar-refractivity contribution is 0.560. The third-order valence-corrected chi connectivity index (χ3v) is 4.21. The Kier molecular flexibility index (Phi) is 3.36. The number of hydrogen-bond donors (Lipinski definition) is 0. The molecule has 0 unspecified atom stereocenters. The van der Waals surface area contributed by atoms with Crippen molar-refractivity contribution in [2.75, 3.05) is 0 Å². The summed E-state index contributed by atoms with van der Waals surface area (Å²) in [6, 6.07) is 11.8. The van der Waals surface area contributed by atoms with Crippen LogP contribution in [0.5, 0.6) is 0 Å². The van der Waals surface area contributed by atoms with E-state index in [9.17, 15) is 5.26 Å². The monoisotopic (exact) mass is 329 g/mol. The number of nitriles is 1. The molecule has 2 aromatic heterocycles. The van der Waals surface area contributed by atoms with E-state index >= 15 is 0 Å². The van der Waals surface area contributed by atoms with Crippen molar-refractivity contribution in [3.8, 4) is 23.1 Å². The number of nitrogens with zero attached hydrogens (tertiary/aromatic N) is 5. The summed E-state index contributed by atoms with van der Waals surface area (Å²) in [6.45, 7) is 5.85. The fourth-order valence-corrected chi connectivity index (χ4v) is 3.11. The molecular weight excluding hydrogens is 314 g/mol. The number of aromatic nitrogens is 4. The first kappa shape index (κ1) is 15.1. The van der Waals surface area contributed by atoms with Gasteiger partial charge in [0.2, 0.25) is 0 Å². The Morgan fingerprint density at radius 1 is 1.08 bits per heavy atom. The van der Waals surface area contributed by atoms with Gasteiger partial charge in [-0.3, -0.25) is 0 Å². The fourth-order valence-electron chi connectivity index (χ4n) is 3.11. The minimum Gasteiger partial charge on any atom is -0.440 e. The standard InChI is InChI=1S/C19H15N5O/c1-11-5-4-6-12(2)17(11)24-19(21-10-22-24)15-8-7-14(9-20)18-16(15)23-13(3)25-18/h4-8,10H,1-3H3. The molecule has 4 aromatic rings. The highest BCUT2D eigenvalue weighted by Crippen LogP contribution is 2.31. The first-order chi connectivity index (χ1) is 12.1. The average Bonchev–Trinajstić information content (AvgIpc) is 3.20. The quantitative estimate of drug-likeness (QED) is 0.557. The number of rotatable bonds is 2. The molecule has 0 aliphatic carbocycles. The SMILES string of the molecule is Cc1nc2c(-c3ncnn3-c3c(C)cccc3C)ccc(C#N)c2o1. The molecule has 2 heterocycles. The maximum Gasteiger partial charge on any atom is 0.192 e. The van der Waals surface area contributed by atoms with E-state index in [0.29, 0.717) is 28.4 Å². The second kappa shape index (κ2) is 5.56. The molecule has 0 radical (unpaired) electrons. The average molecular weight is 329 g/mol. The van der Waals surface area contributed by atoms with Crippen LogP contribution in [-0.2, 0) is 0 Å². The molecule has 2 aromatic carbocycles. The topological polar surface area (TPSA) is 80.5 Å². The van der Waals surface area contributed by atoms with Crippen molar-refractivity contribution in [3.05, 3.63) is 59.2 Å². The first-order valence-corrected chi connectivity index (χ1v) is 7.87. The first-order valence-electron chi connectivity index (χ1n) is 7.87. The van der Waals surface area contributed by atoms with E-state index in [1.165, 1.54) is 6.33 Å². The Bertz CT molecular complexity index is 1130. The van der Waals surface area contributed by atoms with E-state index in [1.54, 1.807) is 13.0 Å². The van der Waals surface area contributed by atoms with Crippen LogP contribution in [0.3, 0.4) is 0 Å². The summed E-state index contributed by atoms with van der Waals surface area (Å²) in [4.78, 5) is 8.91. The molecule has 0 saturated carbocycles. The predicted octanol–water partition coefficient (Wildman–Crippen LogP) is 3.87. The molecule has 0 spiro atoms. The van der Waals surface area contributed by atoms with Crippen molar-refractivity contribution >= 4 is 11.1 Å². The zero-order valence-corrected chi connectivity index (χ0v) is 14.1. The van der Waals surface area contributed by atoms with Crippen LogP contribution in [0.1, 0.15) is 22.6 Å². The van der Waals surface area contributed by atoms with Gasteiger partial charge in [0.15, 0.2) is 17.3 Å². The highest BCUT2D eigenvalue weighted by Gasteiger charge is 2.19. The Morgan fingerprint density at radius 3 is 2.56 bits per heavy atom. The molecule has 0 aliphatic rings. The van der Waals surface area contributed by atoms with Gasteiger partial charge >= 0.3 is 0 Å². The minimum absolute atomic E-state index is 0.456. The minimum atomic E-state index is 0.456. The number of aryl methyl sites for hydroxylation is 3. The normalized spacial score (nSPS) is 11.0. The van der Waals surface area contributed by atoms with Crippen molar-refractivity contribution in [2.45, 2.75) is 20.8 Å². The van der Waals surface area contributed by atoms with Crippen LogP contribution in [0, 0.1) is 32.1 Å². The molecule has 4 rings (SSSR count). The van der Waals surface area contributed by atoms with Crippen LogP contribution in [-0.4, -0.2) is 19.7 Å². The summed E-state index contributed by atoms with van der Waals surface area (Å²) >= 11 is 0. The zero-order valence-electron chi connectivity index (χ0n) is 14.1. The Morgan fingerprint density at radius 2 is 1.84 bits per heavy atom. The van der Waals surface area contributed by atoms with Crippen LogP contribution >= 0.6 is 0 Å². The molecule has 0 saturated heterocycles. The Labute approximate surface area is 144 Å². The van der Waals surface area contributed by atoms with Gasteiger partial charge < -0.3 is 4.42 Å². The lowest BCUT2D eigenvalue weighted by atomic mass is 10.1. The molecule has 122 valence electrons. The summed E-state index contributed by atoms with van der Waals surface area (Å²) in [5.74, 6) is 1.18. The number of para-hydroxylation sites is 1. The molecule has 0 amide bonds. The summed E-state index contributed by atoms with van der Waals surface area (Å²) < 4.78 is 7.45. The van der Waals surface area contributed by atoms with Crippen molar-refractivity contribution < 1.29 is 4.42 Å². The molecule has 0 fully saturated rings. The fraction of sp³-hybridized carbons (Fsp3) is 0.158. The summed E-state index contributed by atoms with van der Waals surface area (Å²) in [7, 11) is 0. The maximum absolute atomic E-state index is 9.30. The highest BCUT2D eigenvalue weighted by molar-refractivity contribution is 5.92. The number of hydrogen-bond acceptors (Lipinski definition) is 5. The van der Waals surface area contributed by atoms with E-state index in [4.69, 9.17) is 4.42 Å². The lowest BCUT2D eigenvalue weighted by Gasteiger charge is -2.12. The number of fused-ring (bicyclic) bond motifs is 1. The van der Waals surface area contributed by atoms with Gasteiger partial charge in [-0.05, 0) is 37.1 Å². The van der Waals surface area contributed by atoms with Crippen molar-refractivity contribution in [1.29, 1.82) is 5.26 Å². The van der Waals surface area contributed by atoms with E-state index in [0.717, 1.165) is 22.4 Å². The van der Waals surface area contributed by atoms with E-state index in [-0.39, 0.29) is 0 Å². The van der Waals surface area contributed by atoms with Gasteiger partial charge in [-0.1, -0.05) is 18.2 Å². The maximum atomic E-state index is 9.30. The number of benzene rings is 2. The van der Waals surface area contributed by atoms with Crippen LogP contribution in [0.25, 0.3) is 28.2 Å². The largest absolute Gasteiger partial charge is 0.440 e. The van der Waals surface area contributed by atoms with E-state index in [2.05, 4.69) is 21.1 Å². The van der Waals surface area contributed by atoms with Crippen molar-refractivity contribution in [2.24, 2.45) is 0 Å². The van der Waals surface area contributed by atoms with Crippen LogP contribution in [0.2, 0.25) is 0 Å². The molecule has 0 aliphatic heterocycles. The summed E-state index contributed by atoms with van der Waals surface area (Å²) in [5, 5.41) is 13.7. The third kappa shape index (κ3) is 2.29. The molecule has 6 nitrogen and oxygen atoms in total. The van der Waals surface area contributed by atoms with Gasteiger partial charge in [0.25, 0.3) is 0 Å². The van der Waals surface area contributed by atoms with Gasteiger partial charge in [-0.2, -0.15) is 10.4 Å². The second-order valence-corrected chi connectivity index (χ2v) is 5.92. The second-order valence-electron chi connectivity index (χ2n) is 5.92. The Hall–Kier alpha value is -3.46. The molecule has 0 bridgehead atoms. The Balaban J connectivity index is 2.02. The van der Waals surface area contributed by atoms with Crippen LogP contribution < -0.4 is 0 Å².